The molecule has 0 aliphatic heterocycles. The summed E-state index contributed by atoms with van der Waals surface area (Å²) in [5.74, 6) is -0.120. The molecule has 0 saturated carbocycles. The number of aliphatic hydroxyl groups excluding tert-OH is 2. The first-order valence-electron chi connectivity index (χ1n) is 15.2. The van der Waals surface area contributed by atoms with Crippen LogP contribution in [0.2, 0.25) is 0 Å². The fourth-order valence-electron chi connectivity index (χ4n) is 4.20. The Balaban J connectivity index is 4.01. The summed E-state index contributed by atoms with van der Waals surface area (Å²) >= 11 is 1.39. The lowest BCUT2D eigenvalue weighted by atomic mass is 10.1. The monoisotopic (exact) mass is 560 g/mol. The van der Waals surface area contributed by atoms with Crippen molar-refractivity contribution in [3.8, 4) is 0 Å². The molecule has 3 unspecified atom stereocenters. The van der Waals surface area contributed by atoms with Gasteiger partial charge in [-0.3, -0.25) is 14.5 Å². The SMILES string of the molecule is [CH2]C(CSC(C)C(=O)OCCCCCCCC)OC(=O)CCCN(CCO)CC(O)CCCCCCCC. The molecular formula is C30H58NO6S. The molecule has 2 N–H and O–H groups in total. The average Bonchev–Trinajstić information content (AvgIpc) is 2.88. The molecule has 7 nitrogen and oxygen atoms in total. The highest BCUT2D eigenvalue weighted by Crippen LogP contribution is 2.16. The number of hydrogen-bond donors (Lipinski definition) is 2. The Labute approximate surface area is 237 Å². The fraction of sp³-hybridized carbons (Fsp3) is 0.900. The van der Waals surface area contributed by atoms with Gasteiger partial charge in [-0.15, -0.1) is 11.8 Å². The summed E-state index contributed by atoms with van der Waals surface area (Å²) in [7, 11) is 0. The minimum atomic E-state index is -0.533. The zero-order chi connectivity index (χ0) is 28.4. The number of thioether (sulfide) groups is 1. The van der Waals surface area contributed by atoms with Gasteiger partial charge in [0.2, 0.25) is 0 Å². The van der Waals surface area contributed by atoms with Crippen molar-refractivity contribution in [3.05, 3.63) is 6.92 Å². The molecule has 8 heteroatoms. The smallest absolute Gasteiger partial charge is 0.318 e. The third-order valence-electron chi connectivity index (χ3n) is 6.54. The van der Waals surface area contributed by atoms with E-state index >= 15 is 0 Å². The number of carbonyl (C=O) groups excluding carboxylic acids is 2. The van der Waals surface area contributed by atoms with Crippen molar-refractivity contribution in [2.45, 2.75) is 135 Å². The zero-order valence-corrected chi connectivity index (χ0v) is 25.5. The fourth-order valence-corrected chi connectivity index (χ4v) is 4.98. The van der Waals surface area contributed by atoms with Crippen LogP contribution in [-0.2, 0) is 19.1 Å². The second-order valence-electron chi connectivity index (χ2n) is 10.4. The minimum absolute atomic E-state index is 0.0198. The summed E-state index contributed by atoms with van der Waals surface area (Å²) in [4.78, 5) is 26.4. The lowest BCUT2D eigenvalue weighted by molar-refractivity contribution is -0.146. The number of hydrogen-bond acceptors (Lipinski definition) is 8. The number of rotatable bonds is 27. The molecule has 0 aliphatic rings. The van der Waals surface area contributed by atoms with Crippen LogP contribution in [0.5, 0.6) is 0 Å². The molecule has 225 valence electrons. The van der Waals surface area contributed by atoms with E-state index < -0.39 is 12.2 Å². The summed E-state index contributed by atoms with van der Waals surface area (Å²) in [6, 6.07) is 0. The van der Waals surface area contributed by atoms with Crippen molar-refractivity contribution in [2.75, 3.05) is 38.6 Å². The zero-order valence-electron chi connectivity index (χ0n) is 24.7. The highest BCUT2D eigenvalue weighted by atomic mass is 32.2. The second-order valence-corrected chi connectivity index (χ2v) is 11.7. The summed E-state index contributed by atoms with van der Waals surface area (Å²) in [5, 5.41) is 19.4. The van der Waals surface area contributed by atoms with Crippen molar-refractivity contribution in [3.63, 3.8) is 0 Å². The number of aliphatic hydroxyl groups is 2. The molecule has 0 fully saturated rings. The first-order chi connectivity index (χ1) is 18.3. The van der Waals surface area contributed by atoms with Crippen LogP contribution in [0.1, 0.15) is 117 Å². The van der Waals surface area contributed by atoms with Crippen LogP contribution in [0, 0.1) is 6.92 Å². The molecule has 0 saturated heterocycles. The van der Waals surface area contributed by atoms with Crippen molar-refractivity contribution >= 4 is 23.7 Å². The van der Waals surface area contributed by atoms with E-state index in [2.05, 4.69) is 20.8 Å². The Bertz CT molecular complexity index is 565. The van der Waals surface area contributed by atoms with E-state index in [4.69, 9.17) is 9.47 Å². The second kappa shape index (κ2) is 26.4. The maximum Gasteiger partial charge on any atom is 0.318 e. The lowest BCUT2D eigenvalue weighted by Crippen LogP contribution is -2.35. The van der Waals surface area contributed by atoms with Crippen LogP contribution >= 0.6 is 11.8 Å². The quantitative estimate of drug-likeness (QED) is 0.0941. The van der Waals surface area contributed by atoms with Crippen LogP contribution in [0.15, 0.2) is 0 Å². The third kappa shape index (κ3) is 23.1. The van der Waals surface area contributed by atoms with Crippen molar-refractivity contribution < 1.29 is 29.3 Å². The molecular weight excluding hydrogens is 502 g/mol. The molecule has 0 aliphatic carbocycles. The van der Waals surface area contributed by atoms with Gasteiger partial charge in [0.15, 0.2) is 0 Å². The summed E-state index contributed by atoms with van der Waals surface area (Å²) in [6.07, 6.45) is 14.7. The molecule has 38 heavy (non-hydrogen) atoms. The Morgan fingerprint density at radius 1 is 0.895 bits per heavy atom. The highest BCUT2D eigenvalue weighted by Gasteiger charge is 2.18. The van der Waals surface area contributed by atoms with E-state index in [0.29, 0.717) is 38.4 Å². The first-order valence-corrected chi connectivity index (χ1v) is 16.2. The van der Waals surface area contributed by atoms with Gasteiger partial charge in [-0.05, 0) is 39.7 Å². The van der Waals surface area contributed by atoms with Gasteiger partial charge in [0, 0.05) is 25.3 Å². The van der Waals surface area contributed by atoms with Gasteiger partial charge >= 0.3 is 11.9 Å². The molecule has 1 radical (unpaired) electrons. The molecule has 0 aromatic carbocycles. The van der Waals surface area contributed by atoms with Gasteiger partial charge < -0.3 is 19.7 Å². The lowest BCUT2D eigenvalue weighted by Gasteiger charge is -2.24. The van der Waals surface area contributed by atoms with Crippen LogP contribution in [0.4, 0.5) is 0 Å². The van der Waals surface area contributed by atoms with Gasteiger partial charge in [0.25, 0.3) is 0 Å². The number of ether oxygens (including phenoxy) is 2. The Kier molecular flexibility index (Phi) is 25.8. The molecule has 0 spiro atoms. The molecule has 0 bridgehead atoms. The van der Waals surface area contributed by atoms with E-state index in [-0.39, 0.29) is 30.2 Å². The Hall–Kier alpha value is -0.830. The normalized spacial score (nSPS) is 13.9. The summed E-state index contributed by atoms with van der Waals surface area (Å²) in [6.45, 7) is 12.2. The molecule has 0 amide bonds. The van der Waals surface area contributed by atoms with E-state index in [1.165, 1.54) is 63.1 Å². The van der Waals surface area contributed by atoms with Crippen LogP contribution in [0.3, 0.4) is 0 Å². The number of unbranched alkanes of at least 4 members (excludes halogenated alkanes) is 10. The average molecular weight is 561 g/mol. The molecule has 0 heterocycles. The summed E-state index contributed by atoms with van der Waals surface area (Å²) in [5.41, 5.74) is 0. The predicted octanol–water partition coefficient (Wildman–Crippen LogP) is 5.94. The highest BCUT2D eigenvalue weighted by molar-refractivity contribution is 8.00. The van der Waals surface area contributed by atoms with Gasteiger partial charge in [0.05, 0.1) is 24.6 Å². The van der Waals surface area contributed by atoms with E-state index in [9.17, 15) is 19.8 Å². The van der Waals surface area contributed by atoms with E-state index in [1.54, 1.807) is 6.92 Å². The Morgan fingerprint density at radius 3 is 2.13 bits per heavy atom. The van der Waals surface area contributed by atoms with Crippen molar-refractivity contribution in [1.29, 1.82) is 0 Å². The Morgan fingerprint density at radius 2 is 1.50 bits per heavy atom. The largest absolute Gasteiger partial charge is 0.465 e. The van der Waals surface area contributed by atoms with Gasteiger partial charge in [0.1, 0.15) is 6.10 Å². The molecule has 0 aromatic heterocycles. The molecule has 0 aromatic rings. The summed E-state index contributed by atoms with van der Waals surface area (Å²) < 4.78 is 10.8. The van der Waals surface area contributed by atoms with Crippen LogP contribution in [0.25, 0.3) is 0 Å². The molecule has 3 atom stereocenters. The van der Waals surface area contributed by atoms with Gasteiger partial charge in [-0.2, -0.15) is 0 Å². The number of nitrogens with zero attached hydrogens (tertiary/aromatic N) is 1. The minimum Gasteiger partial charge on any atom is -0.465 e. The van der Waals surface area contributed by atoms with E-state index in [1.807, 2.05) is 4.90 Å². The predicted molar refractivity (Wildman–Crippen MR) is 158 cm³/mol. The maximum absolute atomic E-state index is 12.2. The van der Waals surface area contributed by atoms with Gasteiger partial charge in [-0.25, -0.2) is 0 Å². The van der Waals surface area contributed by atoms with Crippen molar-refractivity contribution in [1.82, 2.24) is 4.90 Å². The topological polar surface area (TPSA) is 96.3 Å². The molecule has 0 rings (SSSR count). The van der Waals surface area contributed by atoms with Gasteiger partial charge in [-0.1, -0.05) is 84.5 Å². The van der Waals surface area contributed by atoms with E-state index in [0.717, 1.165) is 32.1 Å². The number of carbonyl (C=O) groups is 2. The third-order valence-corrected chi connectivity index (χ3v) is 7.79. The van der Waals surface area contributed by atoms with Crippen LogP contribution < -0.4 is 0 Å². The maximum atomic E-state index is 12.2. The van der Waals surface area contributed by atoms with Crippen molar-refractivity contribution in [2.24, 2.45) is 0 Å². The van der Waals surface area contributed by atoms with Crippen LogP contribution in [-0.4, -0.2) is 83.1 Å². The first kappa shape index (κ1) is 37.2. The standard InChI is InChI=1S/C30H58NO6S/c1-5-7-9-11-13-15-18-28(33)24-31(21-22-32)20-17-19-29(34)37-26(3)25-38-27(4)30(35)36-23-16-14-12-10-8-6-2/h26-28,32-33H,3,5-25H2,1-2,4H3. The number of esters is 2.